The highest BCUT2D eigenvalue weighted by Crippen LogP contribution is 2.30. The molecule has 0 unspecified atom stereocenters. The highest BCUT2D eigenvalue weighted by atomic mass is 16.1. The summed E-state index contributed by atoms with van der Waals surface area (Å²) in [4.78, 5) is 19.3. The molecule has 0 N–H and O–H groups in total. The summed E-state index contributed by atoms with van der Waals surface area (Å²) < 4.78 is 0. The Labute approximate surface area is 115 Å². The van der Waals surface area contributed by atoms with E-state index in [0.717, 1.165) is 28.3 Å². The fourth-order valence-electron chi connectivity index (χ4n) is 2.19. The van der Waals surface area contributed by atoms with Crippen LogP contribution < -0.4 is 0 Å². The van der Waals surface area contributed by atoms with E-state index in [1.54, 1.807) is 36.8 Å². The van der Waals surface area contributed by atoms with E-state index in [4.69, 9.17) is 0 Å². The van der Waals surface area contributed by atoms with Crippen LogP contribution in [0.1, 0.15) is 15.9 Å². The zero-order valence-electron chi connectivity index (χ0n) is 10.4. The van der Waals surface area contributed by atoms with Gasteiger partial charge in [-0.25, -0.2) is 0 Å². The van der Waals surface area contributed by atoms with Crippen molar-refractivity contribution in [1.29, 1.82) is 5.26 Å². The fourth-order valence-corrected chi connectivity index (χ4v) is 2.19. The van der Waals surface area contributed by atoms with Gasteiger partial charge in [0.15, 0.2) is 0 Å². The van der Waals surface area contributed by atoms with Crippen LogP contribution in [-0.2, 0) is 0 Å². The van der Waals surface area contributed by atoms with Crippen LogP contribution in [0.15, 0.2) is 48.9 Å². The molecule has 0 fully saturated rings. The topological polar surface area (TPSA) is 66.6 Å². The largest absolute Gasteiger partial charge is 0.298 e. The van der Waals surface area contributed by atoms with Crippen molar-refractivity contribution < 1.29 is 4.79 Å². The molecule has 0 aliphatic carbocycles. The number of pyridine rings is 2. The van der Waals surface area contributed by atoms with Crippen molar-refractivity contribution in [3.8, 4) is 17.2 Å². The van der Waals surface area contributed by atoms with E-state index < -0.39 is 0 Å². The number of hydrogen-bond donors (Lipinski definition) is 0. The normalized spacial score (nSPS) is 10.2. The zero-order chi connectivity index (χ0) is 13.9. The van der Waals surface area contributed by atoms with Crippen LogP contribution in [0.25, 0.3) is 22.0 Å². The number of aromatic nitrogens is 2. The molecule has 3 aromatic rings. The number of fused-ring (bicyclic) bond motifs is 1. The molecule has 0 saturated carbocycles. The van der Waals surface area contributed by atoms with E-state index in [0.29, 0.717) is 11.1 Å². The first-order valence-electron chi connectivity index (χ1n) is 6.02. The summed E-state index contributed by atoms with van der Waals surface area (Å²) in [7, 11) is 0. The summed E-state index contributed by atoms with van der Waals surface area (Å²) in [5.74, 6) is 0. The summed E-state index contributed by atoms with van der Waals surface area (Å²) in [6.45, 7) is 0. The second-order valence-electron chi connectivity index (χ2n) is 4.29. The lowest BCUT2D eigenvalue weighted by Gasteiger charge is -2.08. The summed E-state index contributed by atoms with van der Waals surface area (Å²) >= 11 is 0. The number of aldehydes is 1. The lowest BCUT2D eigenvalue weighted by atomic mass is 9.97. The zero-order valence-corrected chi connectivity index (χ0v) is 10.4. The van der Waals surface area contributed by atoms with E-state index >= 15 is 0 Å². The van der Waals surface area contributed by atoms with E-state index in [2.05, 4.69) is 16.0 Å². The van der Waals surface area contributed by atoms with Crippen LogP contribution in [0.3, 0.4) is 0 Å². The van der Waals surface area contributed by atoms with Crippen molar-refractivity contribution in [2.75, 3.05) is 0 Å². The van der Waals surface area contributed by atoms with Gasteiger partial charge in [-0.3, -0.25) is 14.8 Å². The van der Waals surface area contributed by atoms with Crippen LogP contribution in [0.2, 0.25) is 0 Å². The summed E-state index contributed by atoms with van der Waals surface area (Å²) in [6.07, 6.45) is 5.70. The molecule has 0 saturated heterocycles. The molecule has 0 atom stereocenters. The van der Waals surface area contributed by atoms with Crippen molar-refractivity contribution in [2.45, 2.75) is 0 Å². The van der Waals surface area contributed by atoms with Crippen molar-refractivity contribution >= 4 is 17.2 Å². The Balaban J connectivity index is 2.43. The highest BCUT2D eigenvalue weighted by molar-refractivity contribution is 5.99. The molecule has 0 aliphatic heterocycles. The molecule has 0 amide bonds. The Kier molecular flexibility index (Phi) is 2.94. The van der Waals surface area contributed by atoms with Crippen LogP contribution in [0, 0.1) is 11.3 Å². The molecule has 0 aliphatic rings. The number of hydrogen-bond acceptors (Lipinski definition) is 4. The third kappa shape index (κ3) is 1.91. The number of carbonyl (C=O) groups excluding carboxylic acids is 1. The fraction of sp³-hybridized carbons (Fsp3) is 0. The molecule has 0 bridgehead atoms. The monoisotopic (exact) mass is 259 g/mol. The van der Waals surface area contributed by atoms with Crippen LogP contribution in [-0.4, -0.2) is 16.3 Å². The number of nitrogens with zero attached hydrogens (tertiary/aromatic N) is 3. The summed E-state index contributed by atoms with van der Waals surface area (Å²) in [5.41, 5.74) is 3.36. The molecule has 94 valence electrons. The lowest BCUT2D eigenvalue weighted by Crippen LogP contribution is -1.92. The predicted molar refractivity (Wildman–Crippen MR) is 75.1 cm³/mol. The Hall–Kier alpha value is -3.06. The molecule has 2 heterocycles. The van der Waals surface area contributed by atoms with Crippen molar-refractivity contribution in [2.24, 2.45) is 0 Å². The summed E-state index contributed by atoms with van der Waals surface area (Å²) in [6, 6.07) is 11.1. The minimum atomic E-state index is 0.466. The Bertz CT molecular complexity index is 835. The van der Waals surface area contributed by atoms with Gasteiger partial charge in [0.25, 0.3) is 0 Å². The molecule has 0 spiro atoms. The molecule has 1 aromatic carbocycles. The van der Waals surface area contributed by atoms with Crippen molar-refractivity contribution in [3.63, 3.8) is 0 Å². The third-order valence-electron chi connectivity index (χ3n) is 3.10. The second-order valence-corrected chi connectivity index (χ2v) is 4.29. The number of carbonyl (C=O) groups is 1. The summed E-state index contributed by atoms with van der Waals surface area (Å²) in [5, 5.41) is 10.1. The van der Waals surface area contributed by atoms with Gasteiger partial charge in [-0.15, -0.1) is 0 Å². The number of benzene rings is 1. The maximum absolute atomic E-state index is 11.0. The first kappa shape index (κ1) is 12.0. The van der Waals surface area contributed by atoms with Crippen molar-refractivity contribution in [1.82, 2.24) is 9.97 Å². The number of nitriles is 1. The molecular weight excluding hydrogens is 250 g/mol. The van der Waals surface area contributed by atoms with Crippen LogP contribution >= 0.6 is 0 Å². The molecule has 20 heavy (non-hydrogen) atoms. The van der Waals surface area contributed by atoms with Gasteiger partial charge < -0.3 is 0 Å². The van der Waals surface area contributed by atoms with Gasteiger partial charge in [0.05, 0.1) is 11.1 Å². The Morgan fingerprint density at radius 3 is 2.80 bits per heavy atom. The van der Waals surface area contributed by atoms with Gasteiger partial charge in [0.2, 0.25) is 0 Å². The minimum Gasteiger partial charge on any atom is -0.298 e. The number of rotatable bonds is 2. The maximum atomic E-state index is 11.0. The minimum absolute atomic E-state index is 0.466. The SMILES string of the molecule is N#Cc1cnc2ccc(C=O)cc2c1-c1cccnc1. The third-order valence-corrected chi connectivity index (χ3v) is 3.10. The molecule has 4 heteroatoms. The van der Waals surface area contributed by atoms with Crippen LogP contribution in [0.4, 0.5) is 0 Å². The quantitative estimate of drug-likeness (QED) is 0.663. The molecule has 3 rings (SSSR count). The van der Waals surface area contributed by atoms with Crippen molar-refractivity contribution in [3.05, 3.63) is 60.0 Å². The van der Waals surface area contributed by atoms with Gasteiger partial charge >= 0.3 is 0 Å². The molecular formula is C16H9N3O. The van der Waals surface area contributed by atoms with E-state index in [1.165, 1.54) is 0 Å². The second kappa shape index (κ2) is 4.90. The highest BCUT2D eigenvalue weighted by Gasteiger charge is 2.11. The maximum Gasteiger partial charge on any atom is 0.150 e. The van der Waals surface area contributed by atoms with E-state index in [1.807, 2.05) is 12.1 Å². The average Bonchev–Trinajstić information content (AvgIpc) is 2.53. The first-order chi connectivity index (χ1) is 9.83. The smallest absolute Gasteiger partial charge is 0.150 e. The predicted octanol–water partition coefficient (Wildman–Crippen LogP) is 2.98. The Morgan fingerprint density at radius 2 is 2.10 bits per heavy atom. The molecule has 4 nitrogen and oxygen atoms in total. The molecule has 2 aromatic heterocycles. The standard InChI is InChI=1S/C16H9N3O/c17-7-13-9-19-15-4-3-11(10-20)6-14(15)16(13)12-2-1-5-18-8-12/h1-6,8-10H. The van der Waals surface area contributed by atoms with Gasteiger partial charge in [0.1, 0.15) is 12.4 Å². The first-order valence-corrected chi connectivity index (χ1v) is 6.02. The lowest BCUT2D eigenvalue weighted by molar-refractivity contribution is 0.112. The van der Waals surface area contributed by atoms with Gasteiger partial charge in [0, 0.05) is 40.7 Å². The molecule has 0 radical (unpaired) electrons. The van der Waals surface area contributed by atoms with Gasteiger partial charge in [-0.2, -0.15) is 5.26 Å². The van der Waals surface area contributed by atoms with Gasteiger partial charge in [-0.1, -0.05) is 6.07 Å². The average molecular weight is 259 g/mol. The van der Waals surface area contributed by atoms with E-state index in [9.17, 15) is 10.1 Å². The Morgan fingerprint density at radius 1 is 1.20 bits per heavy atom. The van der Waals surface area contributed by atoms with E-state index in [-0.39, 0.29) is 0 Å². The van der Waals surface area contributed by atoms with Gasteiger partial charge in [-0.05, 0) is 24.3 Å². The van der Waals surface area contributed by atoms with Crippen LogP contribution in [0.5, 0.6) is 0 Å².